The van der Waals surface area contributed by atoms with E-state index in [4.69, 9.17) is 0 Å². The van der Waals surface area contributed by atoms with E-state index in [1.807, 2.05) is 0 Å². The minimum atomic E-state index is -0.408. The fourth-order valence-electron chi connectivity index (χ4n) is 2.72. The van der Waals surface area contributed by atoms with Crippen molar-refractivity contribution in [3.05, 3.63) is 24.3 Å². The van der Waals surface area contributed by atoms with Gasteiger partial charge in [0.1, 0.15) is 11.7 Å². The first-order chi connectivity index (χ1) is 10.6. The molecule has 1 N–H and O–H groups in total. The Balaban J connectivity index is 1.55. The van der Waals surface area contributed by atoms with Gasteiger partial charge in [0.05, 0.1) is 6.20 Å². The Labute approximate surface area is 127 Å². The van der Waals surface area contributed by atoms with Gasteiger partial charge in [-0.05, 0) is 6.42 Å². The van der Waals surface area contributed by atoms with Crippen LogP contribution in [-0.2, 0) is 9.59 Å². The lowest BCUT2D eigenvalue weighted by atomic mass is 10.2. The summed E-state index contributed by atoms with van der Waals surface area (Å²) in [5.74, 6) is -0.304. The molecule has 0 spiro atoms. The molecule has 22 heavy (non-hydrogen) atoms. The molecule has 0 aliphatic carbocycles. The molecule has 1 atom stereocenters. The van der Waals surface area contributed by atoms with Crippen LogP contribution in [0.25, 0.3) is 0 Å². The third-order valence-corrected chi connectivity index (χ3v) is 3.95. The summed E-state index contributed by atoms with van der Waals surface area (Å²) >= 11 is 0. The van der Waals surface area contributed by atoms with E-state index in [0.717, 1.165) is 0 Å². The number of amides is 3. The molecular formula is C14H17N5O3. The van der Waals surface area contributed by atoms with E-state index in [9.17, 15) is 14.4 Å². The van der Waals surface area contributed by atoms with E-state index in [1.165, 1.54) is 18.6 Å². The zero-order chi connectivity index (χ0) is 15.5. The summed E-state index contributed by atoms with van der Waals surface area (Å²) in [5.41, 5.74) is 0.310. The van der Waals surface area contributed by atoms with Gasteiger partial charge in [0, 0.05) is 45.0 Å². The van der Waals surface area contributed by atoms with Gasteiger partial charge in [0.2, 0.25) is 11.8 Å². The van der Waals surface area contributed by atoms with Crippen LogP contribution >= 0.6 is 0 Å². The van der Waals surface area contributed by atoms with Crippen molar-refractivity contribution in [2.45, 2.75) is 18.9 Å². The molecule has 0 aromatic carbocycles. The molecule has 0 bridgehead atoms. The lowest BCUT2D eigenvalue weighted by Crippen LogP contribution is -2.54. The SMILES string of the molecule is O=C1CCC(C(=O)N2CCN(C(=O)c3cnccn3)CC2)N1. The Morgan fingerprint density at radius 3 is 2.45 bits per heavy atom. The zero-order valence-corrected chi connectivity index (χ0v) is 12.1. The summed E-state index contributed by atoms with van der Waals surface area (Å²) in [6.45, 7) is 1.86. The largest absolute Gasteiger partial charge is 0.344 e. The highest BCUT2D eigenvalue weighted by Gasteiger charge is 2.33. The van der Waals surface area contributed by atoms with Crippen LogP contribution in [0.1, 0.15) is 23.3 Å². The maximum Gasteiger partial charge on any atom is 0.274 e. The summed E-state index contributed by atoms with van der Waals surface area (Å²) in [6.07, 6.45) is 5.39. The van der Waals surface area contributed by atoms with Crippen molar-refractivity contribution in [2.24, 2.45) is 0 Å². The summed E-state index contributed by atoms with van der Waals surface area (Å²) in [7, 11) is 0. The lowest BCUT2D eigenvalue weighted by Gasteiger charge is -2.35. The number of rotatable bonds is 2. The minimum absolute atomic E-state index is 0.0579. The third-order valence-electron chi connectivity index (χ3n) is 3.95. The molecule has 0 saturated carbocycles. The Hall–Kier alpha value is -2.51. The first-order valence-corrected chi connectivity index (χ1v) is 7.28. The topological polar surface area (TPSA) is 95.5 Å². The first kappa shape index (κ1) is 14.4. The average Bonchev–Trinajstić information content (AvgIpc) is 3.01. The van der Waals surface area contributed by atoms with Crippen LogP contribution in [-0.4, -0.2) is 69.7 Å². The Kier molecular flexibility index (Phi) is 3.99. The van der Waals surface area contributed by atoms with E-state index >= 15 is 0 Å². The standard InChI is InChI=1S/C14H17N5O3/c20-12-2-1-10(17-12)13(21)18-5-7-19(8-6-18)14(22)11-9-15-3-4-16-11/h3-4,9-10H,1-2,5-8H2,(H,17,20). The summed E-state index contributed by atoms with van der Waals surface area (Å²) in [5, 5.41) is 2.68. The fraction of sp³-hybridized carbons (Fsp3) is 0.500. The lowest BCUT2D eigenvalue weighted by molar-refractivity contribution is -0.135. The van der Waals surface area contributed by atoms with Crippen molar-refractivity contribution >= 4 is 17.7 Å². The van der Waals surface area contributed by atoms with E-state index in [2.05, 4.69) is 15.3 Å². The van der Waals surface area contributed by atoms with Crippen molar-refractivity contribution < 1.29 is 14.4 Å². The van der Waals surface area contributed by atoms with E-state index in [-0.39, 0.29) is 17.7 Å². The van der Waals surface area contributed by atoms with Crippen molar-refractivity contribution in [1.29, 1.82) is 0 Å². The van der Waals surface area contributed by atoms with Gasteiger partial charge >= 0.3 is 0 Å². The van der Waals surface area contributed by atoms with E-state index in [1.54, 1.807) is 9.80 Å². The molecule has 2 aliphatic rings. The van der Waals surface area contributed by atoms with Crippen molar-refractivity contribution in [3.8, 4) is 0 Å². The number of hydrogen-bond acceptors (Lipinski definition) is 5. The van der Waals surface area contributed by atoms with Crippen LogP contribution in [0.4, 0.5) is 0 Å². The molecule has 1 aromatic rings. The van der Waals surface area contributed by atoms with Gasteiger partial charge in [-0.3, -0.25) is 19.4 Å². The van der Waals surface area contributed by atoms with Crippen molar-refractivity contribution in [1.82, 2.24) is 25.1 Å². The number of nitrogens with zero attached hydrogens (tertiary/aromatic N) is 4. The van der Waals surface area contributed by atoms with Crippen LogP contribution in [0.15, 0.2) is 18.6 Å². The summed E-state index contributed by atoms with van der Waals surface area (Å²) in [6, 6.07) is -0.408. The second kappa shape index (κ2) is 6.08. The predicted octanol–water partition coefficient (Wildman–Crippen LogP) is -0.960. The Morgan fingerprint density at radius 2 is 1.86 bits per heavy atom. The molecular weight excluding hydrogens is 286 g/mol. The van der Waals surface area contributed by atoms with Crippen LogP contribution in [0.3, 0.4) is 0 Å². The molecule has 3 heterocycles. The molecule has 3 amide bonds. The number of aromatic nitrogens is 2. The summed E-state index contributed by atoms with van der Waals surface area (Å²) < 4.78 is 0. The maximum atomic E-state index is 12.3. The fourth-order valence-corrected chi connectivity index (χ4v) is 2.72. The average molecular weight is 303 g/mol. The van der Waals surface area contributed by atoms with Crippen LogP contribution in [0.2, 0.25) is 0 Å². The molecule has 1 aromatic heterocycles. The van der Waals surface area contributed by atoms with Crippen molar-refractivity contribution in [2.75, 3.05) is 26.2 Å². The normalized spacial score (nSPS) is 21.6. The molecule has 1 unspecified atom stereocenters. The second-order valence-electron chi connectivity index (χ2n) is 5.37. The zero-order valence-electron chi connectivity index (χ0n) is 12.1. The van der Waals surface area contributed by atoms with Gasteiger partial charge < -0.3 is 15.1 Å². The number of hydrogen-bond donors (Lipinski definition) is 1. The number of nitrogens with one attached hydrogen (secondary N) is 1. The van der Waals surface area contributed by atoms with E-state index in [0.29, 0.717) is 44.7 Å². The van der Waals surface area contributed by atoms with E-state index < -0.39 is 6.04 Å². The smallest absolute Gasteiger partial charge is 0.274 e. The minimum Gasteiger partial charge on any atom is -0.344 e. The highest BCUT2D eigenvalue weighted by molar-refractivity contribution is 5.93. The molecule has 2 aliphatic heterocycles. The number of carbonyl (C=O) groups excluding carboxylic acids is 3. The monoisotopic (exact) mass is 303 g/mol. The van der Waals surface area contributed by atoms with Gasteiger partial charge in [0.15, 0.2) is 0 Å². The predicted molar refractivity (Wildman–Crippen MR) is 75.7 cm³/mol. The molecule has 116 valence electrons. The summed E-state index contributed by atoms with van der Waals surface area (Å²) in [4.78, 5) is 47.0. The first-order valence-electron chi connectivity index (χ1n) is 7.28. The van der Waals surface area contributed by atoms with Gasteiger partial charge in [-0.2, -0.15) is 0 Å². The highest BCUT2D eigenvalue weighted by Crippen LogP contribution is 2.13. The van der Waals surface area contributed by atoms with Crippen molar-refractivity contribution in [3.63, 3.8) is 0 Å². The number of piperazine rings is 1. The Bertz CT molecular complexity index is 583. The van der Waals surface area contributed by atoms with Crippen LogP contribution < -0.4 is 5.32 Å². The number of carbonyl (C=O) groups is 3. The van der Waals surface area contributed by atoms with Gasteiger partial charge in [0.25, 0.3) is 5.91 Å². The molecule has 8 nitrogen and oxygen atoms in total. The highest BCUT2D eigenvalue weighted by atomic mass is 16.2. The van der Waals surface area contributed by atoms with Gasteiger partial charge in [-0.15, -0.1) is 0 Å². The van der Waals surface area contributed by atoms with Crippen LogP contribution in [0, 0.1) is 0 Å². The molecule has 3 rings (SSSR count). The third kappa shape index (κ3) is 2.90. The molecule has 2 fully saturated rings. The van der Waals surface area contributed by atoms with Gasteiger partial charge in [-0.25, -0.2) is 4.98 Å². The maximum absolute atomic E-state index is 12.3. The quantitative estimate of drug-likeness (QED) is 0.759. The molecule has 8 heteroatoms. The van der Waals surface area contributed by atoms with Gasteiger partial charge in [-0.1, -0.05) is 0 Å². The molecule has 0 radical (unpaired) electrons. The molecule has 2 saturated heterocycles. The van der Waals surface area contributed by atoms with Crippen LogP contribution in [0.5, 0.6) is 0 Å². The Morgan fingerprint density at radius 1 is 1.14 bits per heavy atom. The second-order valence-corrected chi connectivity index (χ2v) is 5.37.